The highest BCUT2D eigenvalue weighted by molar-refractivity contribution is 5.80. The lowest BCUT2D eigenvalue weighted by Gasteiger charge is -2.03. The van der Waals surface area contributed by atoms with Gasteiger partial charge in [0.25, 0.3) is 0 Å². The van der Waals surface area contributed by atoms with E-state index in [1.807, 2.05) is 12.3 Å². The molecule has 3 rings (SSSR count). The second kappa shape index (κ2) is 5.74. The maximum Gasteiger partial charge on any atom is 0.140 e. The summed E-state index contributed by atoms with van der Waals surface area (Å²) in [5, 5.41) is 4.92. The van der Waals surface area contributed by atoms with Crippen LogP contribution in [0.3, 0.4) is 0 Å². The first kappa shape index (κ1) is 12.7. The molecule has 0 radical (unpaired) electrons. The van der Waals surface area contributed by atoms with Crippen LogP contribution in [-0.4, -0.2) is 15.6 Å². The first-order valence-corrected chi connectivity index (χ1v) is 7.54. The molecule has 1 N–H and O–H groups in total. The fraction of sp³-hybridized carbons (Fsp3) is 0.562. The standard InChI is InChI=1S/C16H23N3/c1-2-3-4-10-19-12-13(11-18-14-7-8-14)15-6-5-9-17-16(15)19/h5-6,9,12,14,18H,2-4,7-8,10-11H2,1H3. The van der Waals surface area contributed by atoms with Gasteiger partial charge < -0.3 is 9.88 Å². The number of unbranched alkanes of at least 4 members (excludes halogenated alkanes) is 2. The molecule has 0 bridgehead atoms. The number of aromatic nitrogens is 2. The number of rotatable bonds is 7. The van der Waals surface area contributed by atoms with Gasteiger partial charge in [-0.2, -0.15) is 0 Å². The zero-order valence-electron chi connectivity index (χ0n) is 11.7. The molecule has 19 heavy (non-hydrogen) atoms. The van der Waals surface area contributed by atoms with Gasteiger partial charge in [-0.25, -0.2) is 4.98 Å². The topological polar surface area (TPSA) is 29.9 Å². The predicted octanol–water partition coefficient (Wildman–Crippen LogP) is 3.48. The van der Waals surface area contributed by atoms with E-state index in [0.717, 1.165) is 24.8 Å². The van der Waals surface area contributed by atoms with Crippen LogP contribution in [0.1, 0.15) is 44.6 Å². The largest absolute Gasteiger partial charge is 0.332 e. The molecule has 1 saturated carbocycles. The van der Waals surface area contributed by atoms with Crippen molar-refractivity contribution >= 4 is 11.0 Å². The van der Waals surface area contributed by atoms with E-state index < -0.39 is 0 Å². The van der Waals surface area contributed by atoms with Gasteiger partial charge in [-0.3, -0.25) is 0 Å². The Balaban J connectivity index is 1.79. The van der Waals surface area contributed by atoms with Crippen molar-refractivity contribution in [3.05, 3.63) is 30.1 Å². The Labute approximate surface area is 115 Å². The van der Waals surface area contributed by atoms with Gasteiger partial charge in [0.2, 0.25) is 0 Å². The maximum absolute atomic E-state index is 4.56. The summed E-state index contributed by atoms with van der Waals surface area (Å²) >= 11 is 0. The van der Waals surface area contributed by atoms with Gasteiger partial charge in [0, 0.05) is 36.9 Å². The summed E-state index contributed by atoms with van der Waals surface area (Å²) in [6.45, 7) is 4.31. The highest BCUT2D eigenvalue weighted by Gasteiger charge is 2.20. The molecule has 3 nitrogen and oxygen atoms in total. The van der Waals surface area contributed by atoms with Gasteiger partial charge in [0.1, 0.15) is 5.65 Å². The number of aryl methyl sites for hydroxylation is 1. The van der Waals surface area contributed by atoms with Crippen LogP contribution < -0.4 is 5.32 Å². The summed E-state index contributed by atoms with van der Waals surface area (Å²) in [4.78, 5) is 4.56. The lowest BCUT2D eigenvalue weighted by molar-refractivity contribution is 0.610. The second-order valence-electron chi connectivity index (χ2n) is 5.58. The van der Waals surface area contributed by atoms with Crippen molar-refractivity contribution in [1.82, 2.24) is 14.9 Å². The highest BCUT2D eigenvalue weighted by Crippen LogP contribution is 2.23. The minimum absolute atomic E-state index is 0.759. The number of hydrogen-bond donors (Lipinski definition) is 1. The van der Waals surface area contributed by atoms with E-state index in [0.29, 0.717) is 0 Å². The van der Waals surface area contributed by atoms with Gasteiger partial charge >= 0.3 is 0 Å². The first-order valence-electron chi connectivity index (χ1n) is 7.54. The van der Waals surface area contributed by atoms with Crippen LogP contribution >= 0.6 is 0 Å². The third kappa shape index (κ3) is 2.98. The summed E-state index contributed by atoms with van der Waals surface area (Å²) in [5.74, 6) is 0. The summed E-state index contributed by atoms with van der Waals surface area (Å²) in [7, 11) is 0. The van der Waals surface area contributed by atoms with Crippen molar-refractivity contribution < 1.29 is 0 Å². The molecule has 1 fully saturated rings. The Morgan fingerprint density at radius 1 is 1.37 bits per heavy atom. The van der Waals surface area contributed by atoms with Crippen LogP contribution in [0.4, 0.5) is 0 Å². The third-order valence-electron chi connectivity index (χ3n) is 3.88. The summed E-state index contributed by atoms with van der Waals surface area (Å²) in [5.41, 5.74) is 2.54. The van der Waals surface area contributed by atoms with Crippen molar-refractivity contribution in [3.8, 4) is 0 Å². The molecule has 2 heterocycles. The van der Waals surface area contributed by atoms with E-state index >= 15 is 0 Å². The Bertz CT molecular complexity index is 540. The van der Waals surface area contributed by atoms with Crippen LogP contribution in [0.5, 0.6) is 0 Å². The molecule has 0 spiro atoms. The molecule has 0 atom stereocenters. The third-order valence-corrected chi connectivity index (χ3v) is 3.88. The molecular formula is C16H23N3. The molecule has 0 aliphatic heterocycles. The van der Waals surface area contributed by atoms with Crippen LogP contribution in [0.25, 0.3) is 11.0 Å². The number of hydrogen-bond acceptors (Lipinski definition) is 2. The zero-order chi connectivity index (χ0) is 13.1. The number of pyridine rings is 1. The molecule has 0 saturated heterocycles. The van der Waals surface area contributed by atoms with Gasteiger partial charge in [-0.1, -0.05) is 19.8 Å². The minimum Gasteiger partial charge on any atom is -0.332 e. The van der Waals surface area contributed by atoms with Crippen molar-refractivity contribution in [1.29, 1.82) is 0 Å². The van der Waals surface area contributed by atoms with Crippen LogP contribution in [-0.2, 0) is 13.1 Å². The first-order chi connectivity index (χ1) is 9.38. The van der Waals surface area contributed by atoms with E-state index in [1.54, 1.807) is 0 Å². The van der Waals surface area contributed by atoms with Crippen molar-refractivity contribution in [2.45, 2.75) is 58.2 Å². The van der Waals surface area contributed by atoms with Gasteiger partial charge in [0.15, 0.2) is 0 Å². The summed E-state index contributed by atoms with van der Waals surface area (Å²) < 4.78 is 2.33. The average molecular weight is 257 g/mol. The molecule has 2 aromatic rings. The normalized spacial score (nSPS) is 15.2. The van der Waals surface area contributed by atoms with Crippen molar-refractivity contribution in [3.63, 3.8) is 0 Å². The number of nitrogens with one attached hydrogen (secondary N) is 1. The summed E-state index contributed by atoms with van der Waals surface area (Å²) in [6.07, 6.45) is 10.7. The Morgan fingerprint density at radius 2 is 2.26 bits per heavy atom. The van der Waals surface area contributed by atoms with E-state index in [2.05, 4.69) is 34.1 Å². The molecule has 1 aliphatic carbocycles. The highest BCUT2D eigenvalue weighted by atomic mass is 15.0. The second-order valence-corrected chi connectivity index (χ2v) is 5.58. The van der Waals surface area contributed by atoms with E-state index in [-0.39, 0.29) is 0 Å². The van der Waals surface area contributed by atoms with Crippen LogP contribution in [0.2, 0.25) is 0 Å². The zero-order valence-corrected chi connectivity index (χ0v) is 11.7. The predicted molar refractivity (Wildman–Crippen MR) is 79.1 cm³/mol. The Kier molecular flexibility index (Phi) is 3.83. The monoisotopic (exact) mass is 257 g/mol. The SMILES string of the molecule is CCCCCn1cc(CNC2CC2)c2cccnc21. The maximum atomic E-state index is 4.56. The number of fused-ring (bicyclic) bond motifs is 1. The Morgan fingerprint density at radius 3 is 3.05 bits per heavy atom. The molecule has 102 valence electrons. The lowest BCUT2D eigenvalue weighted by atomic mass is 10.2. The van der Waals surface area contributed by atoms with Gasteiger partial charge in [-0.05, 0) is 37.0 Å². The summed E-state index contributed by atoms with van der Waals surface area (Å²) in [6, 6.07) is 5.00. The minimum atomic E-state index is 0.759. The molecule has 2 aromatic heterocycles. The molecule has 0 unspecified atom stereocenters. The van der Waals surface area contributed by atoms with Crippen LogP contribution in [0, 0.1) is 0 Å². The van der Waals surface area contributed by atoms with Crippen molar-refractivity contribution in [2.24, 2.45) is 0 Å². The van der Waals surface area contributed by atoms with Crippen molar-refractivity contribution in [2.75, 3.05) is 0 Å². The molecule has 1 aliphatic rings. The molecular weight excluding hydrogens is 234 g/mol. The average Bonchev–Trinajstić information content (AvgIpc) is 3.20. The Hall–Kier alpha value is -1.35. The van der Waals surface area contributed by atoms with Gasteiger partial charge in [-0.15, -0.1) is 0 Å². The number of nitrogens with zero attached hydrogens (tertiary/aromatic N) is 2. The van der Waals surface area contributed by atoms with Gasteiger partial charge in [0.05, 0.1) is 0 Å². The van der Waals surface area contributed by atoms with Crippen LogP contribution in [0.15, 0.2) is 24.5 Å². The fourth-order valence-electron chi connectivity index (χ4n) is 2.58. The molecule has 0 amide bonds. The van der Waals surface area contributed by atoms with E-state index in [4.69, 9.17) is 0 Å². The lowest BCUT2D eigenvalue weighted by Crippen LogP contribution is -2.14. The molecule has 0 aromatic carbocycles. The molecule has 3 heteroatoms. The van der Waals surface area contributed by atoms with E-state index in [9.17, 15) is 0 Å². The fourth-order valence-corrected chi connectivity index (χ4v) is 2.58. The quantitative estimate of drug-likeness (QED) is 0.770. The van der Waals surface area contributed by atoms with E-state index in [1.165, 1.54) is 43.1 Å². The smallest absolute Gasteiger partial charge is 0.140 e.